The minimum absolute atomic E-state index is 0.0694. The highest BCUT2D eigenvalue weighted by atomic mass is 16.5. The fourth-order valence-corrected chi connectivity index (χ4v) is 1.55. The number of nitrogens with two attached hydrogens (primary N) is 1. The third-order valence-corrected chi connectivity index (χ3v) is 2.49. The Morgan fingerprint density at radius 1 is 1.59 bits per heavy atom. The molecule has 0 aliphatic rings. The number of carboxylic acids is 1. The summed E-state index contributed by atoms with van der Waals surface area (Å²) in [7, 11) is 1.61. The second-order valence-electron chi connectivity index (χ2n) is 3.82. The van der Waals surface area contributed by atoms with E-state index in [2.05, 4.69) is 5.32 Å². The Labute approximate surface area is 101 Å². The first-order valence-corrected chi connectivity index (χ1v) is 5.46. The summed E-state index contributed by atoms with van der Waals surface area (Å²) < 4.78 is 5.06. The van der Waals surface area contributed by atoms with E-state index < -0.39 is 5.97 Å². The molecule has 1 aromatic rings. The first-order chi connectivity index (χ1) is 8.08. The quantitative estimate of drug-likeness (QED) is 0.658. The average molecular weight is 238 g/mol. The van der Waals surface area contributed by atoms with Crippen molar-refractivity contribution in [2.24, 2.45) is 0 Å². The molecule has 0 heterocycles. The van der Waals surface area contributed by atoms with Gasteiger partial charge in [0.1, 0.15) is 0 Å². The highest BCUT2D eigenvalue weighted by Crippen LogP contribution is 2.20. The maximum atomic E-state index is 11.0. The average Bonchev–Trinajstić information content (AvgIpc) is 2.28. The van der Waals surface area contributed by atoms with Crippen molar-refractivity contribution in [1.29, 1.82) is 0 Å². The Morgan fingerprint density at radius 2 is 2.29 bits per heavy atom. The van der Waals surface area contributed by atoms with Crippen molar-refractivity contribution in [2.75, 3.05) is 24.8 Å². The van der Waals surface area contributed by atoms with Crippen LogP contribution >= 0.6 is 0 Å². The first kappa shape index (κ1) is 13.3. The number of methoxy groups -OCH3 is 1. The van der Waals surface area contributed by atoms with E-state index in [0.29, 0.717) is 18.0 Å². The number of nitrogen functional groups attached to an aromatic ring is 1. The number of nitrogens with one attached hydrogen (secondary N) is 1. The van der Waals surface area contributed by atoms with E-state index in [4.69, 9.17) is 15.6 Å². The molecule has 1 unspecified atom stereocenters. The van der Waals surface area contributed by atoms with E-state index >= 15 is 0 Å². The van der Waals surface area contributed by atoms with Gasteiger partial charge in [-0.2, -0.15) is 0 Å². The molecule has 0 spiro atoms. The van der Waals surface area contributed by atoms with E-state index in [0.717, 1.165) is 6.42 Å². The molecule has 1 atom stereocenters. The van der Waals surface area contributed by atoms with Crippen LogP contribution in [0.15, 0.2) is 18.2 Å². The van der Waals surface area contributed by atoms with Gasteiger partial charge in [-0.3, -0.25) is 0 Å². The van der Waals surface area contributed by atoms with Gasteiger partial charge in [0.25, 0.3) is 0 Å². The van der Waals surface area contributed by atoms with Gasteiger partial charge >= 0.3 is 5.97 Å². The minimum atomic E-state index is -0.972. The van der Waals surface area contributed by atoms with Crippen LogP contribution in [-0.4, -0.2) is 30.8 Å². The molecule has 0 aliphatic carbocycles. The Bertz CT molecular complexity index is 393. The number of rotatable bonds is 6. The molecular weight excluding hydrogens is 220 g/mol. The number of carboxylic acid groups (broad SMARTS) is 1. The van der Waals surface area contributed by atoms with Crippen LogP contribution in [0.1, 0.15) is 23.7 Å². The summed E-state index contributed by atoms with van der Waals surface area (Å²) in [6.07, 6.45) is 0.835. The molecule has 0 bridgehead atoms. The highest BCUT2D eigenvalue weighted by molar-refractivity contribution is 5.95. The van der Waals surface area contributed by atoms with E-state index in [-0.39, 0.29) is 11.6 Å². The summed E-state index contributed by atoms with van der Waals surface area (Å²) in [4.78, 5) is 11.0. The van der Waals surface area contributed by atoms with Crippen molar-refractivity contribution in [1.82, 2.24) is 0 Å². The Balaban J connectivity index is 2.94. The van der Waals surface area contributed by atoms with Gasteiger partial charge in [0.05, 0.1) is 17.9 Å². The van der Waals surface area contributed by atoms with Gasteiger partial charge in [0, 0.05) is 18.8 Å². The van der Waals surface area contributed by atoms with Gasteiger partial charge in [0.15, 0.2) is 0 Å². The van der Waals surface area contributed by atoms with Crippen LogP contribution in [0.5, 0.6) is 0 Å². The van der Waals surface area contributed by atoms with Crippen molar-refractivity contribution < 1.29 is 14.6 Å². The standard InChI is InChI=1S/C12H18N2O3/c1-3-9(7-17-2)14-11-6-8(13)4-5-10(11)12(15)16/h4-6,9,14H,3,7,13H2,1-2H3,(H,15,16). The smallest absolute Gasteiger partial charge is 0.337 e. The predicted molar refractivity (Wildman–Crippen MR) is 67.4 cm³/mol. The van der Waals surface area contributed by atoms with Crippen molar-refractivity contribution in [3.8, 4) is 0 Å². The topological polar surface area (TPSA) is 84.6 Å². The van der Waals surface area contributed by atoms with Crippen LogP contribution in [0.25, 0.3) is 0 Å². The molecule has 4 N–H and O–H groups in total. The lowest BCUT2D eigenvalue weighted by Crippen LogP contribution is -2.25. The number of hydrogen-bond acceptors (Lipinski definition) is 4. The zero-order valence-corrected chi connectivity index (χ0v) is 10.1. The third-order valence-electron chi connectivity index (χ3n) is 2.49. The van der Waals surface area contributed by atoms with Crippen LogP contribution in [0, 0.1) is 0 Å². The molecular formula is C12H18N2O3. The van der Waals surface area contributed by atoms with Crippen LogP contribution in [0.4, 0.5) is 11.4 Å². The molecule has 17 heavy (non-hydrogen) atoms. The summed E-state index contributed by atoms with van der Waals surface area (Å²) in [6, 6.07) is 4.77. The lowest BCUT2D eigenvalue weighted by Gasteiger charge is -2.19. The number of anilines is 2. The fourth-order valence-electron chi connectivity index (χ4n) is 1.55. The van der Waals surface area contributed by atoms with Crippen LogP contribution in [0.2, 0.25) is 0 Å². The maximum absolute atomic E-state index is 11.0. The number of aromatic carboxylic acids is 1. The third kappa shape index (κ3) is 3.64. The summed E-state index contributed by atoms with van der Waals surface area (Å²) in [5.41, 5.74) is 6.93. The van der Waals surface area contributed by atoms with Gasteiger partial charge in [-0.15, -0.1) is 0 Å². The second kappa shape index (κ2) is 6.10. The van der Waals surface area contributed by atoms with Crippen LogP contribution in [0.3, 0.4) is 0 Å². The summed E-state index contributed by atoms with van der Waals surface area (Å²) in [5.74, 6) is -0.972. The second-order valence-corrected chi connectivity index (χ2v) is 3.82. The lowest BCUT2D eigenvalue weighted by molar-refractivity contribution is 0.0698. The largest absolute Gasteiger partial charge is 0.478 e. The lowest BCUT2D eigenvalue weighted by atomic mass is 10.1. The molecule has 94 valence electrons. The van der Waals surface area contributed by atoms with Crippen LogP contribution in [-0.2, 0) is 4.74 Å². The Kier molecular flexibility index (Phi) is 4.78. The summed E-state index contributed by atoms with van der Waals surface area (Å²) in [5, 5.41) is 12.2. The summed E-state index contributed by atoms with van der Waals surface area (Å²) >= 11 is 0. The van der Waals surface area contributed by atoms with Crippen molar-refractivity contribution in [3.05, 3.63) is 23.8 Å². The van der Waals surface area contributed by atoms with Crippen LogP contribution < -0.4 is 11.1 Å². The number of benzene rings is 1. The zero-order valence-electron chi connectivity index (χ0n) is 10.1. The number of hydrogen-bond donors (Lipinski definition) is 3. The van der Waals surface area contributed by atoms with E-state index in [1.165, 1.54) is 6.07 Å². The molecule has 0 aliphatic heterocycles. The minimum Gasteiger partial charge on any atom is -0.478 e. The Hall–Kier alpha value is -1.75. The highest BCUT2D eigenvalue weighted by Gasteiger charge is 2.13. The molecule has 0 amide bonds. The zero-order chi connectivity index (χ0) is 12.8. The van der Waals surface area contributed by atoms with Crippen molar-refractivity contribution in [3.63, 3.8) is 0 Å². The molecule has 0 fully saturated rings. The normalized spacial score (nSPS) is 12.1. The molecule has 0 aromatic heterocycles. The monoisotopic (exact) mass is 238 g/mol. The summed E-state index contributed by atoms with van der Waals surface area (Å²) in [6.45, 7) is 2.52. The molecule has 1 aromatic carbocycles. The van der Waals surface area contributed by atoms with Gasteiger partial charge < -0.3 is 20.9 Å². The van der Waals surface area contributed by atoms with Gasteiger partial charge in [0.2, 0.25) is 0 Å². The van der Waals surface area contributed by atoms with E-state index in [1.807, 2.05) is 6.92 Å². The molecule has 0 saturated carbocycles. The molecule has 5 nitrogen and oxygen atoms in total. The predicted octanol–water partition coefficient (Wildman–Crippen LogP) is 1.80. The van der Waals surface area contributed by atoms with Crippen molar-refractivity contribution >= 4 is 17.3 Å². The first-order valence-electron chi connectivity index (χ1n) is 5.46. The SMILES string of the molecule is CCC(COC)Nc1cc(N)ccc1C(=O)O. The Morgan fingerprint density at radius 3 is 2.82 bits per heavy atom. The molecule has 1 rings (SSSR count). The van der Waals surface area contributed by atoms with Gasteiger partial charge in [-0.25, -0.2) is 4.79 Å². The molecule has 0 radical (unpaired) electrons. The van der Waals surface area contributed by atoms with E-state index in [1.54, 1.807) is 19.2 Å². The number of carbonyl (C=O) groups is 1. The molecule has 5 heteroatoms. The fraction of sp³-hybridized carbons (Fsp3) is 0.417. The van der Waals surface area contributed by atoms with Crippen molar-refractivity contribution in [2.45, 2.75) is 19.4 Å². The maximum Gasteiger partial charge on any atom is 0.337 e. The van der Waals surface area contributed by atoms with Gasteiger partial charge in [-0.1, -0.05) is 6.92 Å². The molecule has 0 saturated heterocycles. The number of ether oxygens (including phenoxy) is 1. The van der Waals surface area contributed by atoms with Gasteiger partial charge in [-0.05, 0) is 24.6 Å². The van der Waals surface area contributed by atoms with E-state index in [9.17, 15) is 4.79 Å².